The zero-order valence-corrected chi connectivity index (χ0v) is 25.0. The molecule has 0 radical (unpaired) electrons. The van der Waals surface area contributed by atoms with Crippen molar-refractivity contribution in [1.82, 2.24) is 0 Å². The van der Waals surface area contributed by atoms with E-state index in [1.54, 1.807) is 0 Å². The van der Waals surface area contributed by atoms with Crippen LogP contribution < -0.4 is 0 Å². The maximum atomic E-state index is 5.86. The summed E-state index contributed by atoms with van der Waals surface area (Å²) in [7, 11) is 0. The molecule has 0 saturated heterocycles. The molecule has 0 bridgehead atoms. The molecule has 0 aromatic carbocycles. The molecule has 0 fully saturated rings. The second-order valence-corrected chi connectivity index (χ2v) is 11.5. The summed E-state index contributed by atoms with van der Waals surface area (Å²) < 4.78 is 5.86. The Morgan fingerprint density at radius 3 is 0.611 bits per heavy atom. The van der Waals surface area contributed by atoms with Crippen molar-refractivity contribution in [3.63, 3.8) is 0 Å². The average Bonchev–Trinajstić information content (AvgIpc) is 2.87. The SMILES string of the molecule is CCCCCCCCCCCCCCCCCCOCCCCCCCCCCCCCCCC.[NaH]. The van der Waals surface area contributed by atoms with Crippen LogP contribution in [-0.4, -0.2) is 42.8 Å². The summed E-state index contributed by atoms with van der Waals surface area (Å²) in [4.78, 5) is 0. The normalized spacial score (nSPS) is 11.2. The average molecular weight is 519 g/mol. The van der Waals surface area contributed by atoms with E-state index in [0.717, 1.165) is 13.2 Å². The van der Waals surface area contributed by atoms with Gasteiger partial charge in [0.1, 0.15) is 0 Å². The first kappa shape index (κ1) is 39.1. The van der Waals surface area contributed by atoms with Crippen molar-refractivity contribution in [2.24, 2.45) is 0 Å². The molecule has 0 atom stereocenters. The first-order chi connectivity index (χ1) is 17.4. The molecule has 0 aromatic rings. The van der Waals surface area contributed by atoms with Gasteiger partial charge in [-0.05, 0) is 12.8 Å². The molecule has 0 aliphatic carbocycles. The van der Waals surface area contributed by atoms with Crippen molar-refractivity contribution < 1.29 is 4.74 Å². The minimum absolute atomic E-state index is 0. The molecule has 2 heteroatoms. The van der Waals surface area contributed by atoms with Gasteiger partial charge in [0.2, 0.25) is 0 Å². The zero-order chi connectivity index (χ0) is 25.3. The Kier molecular flexibility index (Phi) is 41.4. The molecule has 0 N–H and O–H groups in total. The van der Waals surface area contributed by atoms with Gasteiger partial charge in [0, 0.05) is 13.2 Å². The minimum atomic E-state index is 0. The summed E-state index contributed by atoms with van der Waals surface area (Å²) in [6, 6.07) is 0. The predicted octanol–water partition coefficient (Wildman–Crippen LogP) is 12.1. The topological polar surface area (TPSA) is 9.23 Å². The molecule has 0 aromatic heterocycles. The zero-order valence-electron chi connectivity index (χ0n) is 25.0. The van der Waals surface area contributed by atoms with Gasteiger partial charge in [-0.2, -0.15) is 0 Å². The first-order valence-corrected chi connectivity index (χ1v) is 17.0. The summed E-state index contributed by atoms with van der Waals surface area (Å²) in [6.45, 7) is 6.60. The third-order valence-electron chi connectivity index (χ3n) is 7.78. The predicted molar refractivity (Wildman–Crippen MR) is 168 cm³/mol. The van der Waals surface area contributed by atoms with E-state index in [9.17, 15) is 0 Å². The van der Waals surface area contributed by atoms with Crippen LogP contribution in [0.1, 0.15) is 206 Å². The van der Waals surface area contributed by atoms with E-state index < -0.39 is 0 Å². The van der Waals surface area contributed by atoms with Gasteiger partial charge in [-0.3, -0.25) is 0 Å². The fourth-order valence-corrected chi connectivity index (χ4v) is 5.25. The van der Waals surface area contributed by atoms with Crippen molar-refractivity contribution in [2.45, 2.75) is 206 Å². The monoisotopic (exact) mass is 519 g/mol. The van der Waals surface area contributed by atoms with Crippen molar-refractivity contribution in [3.8, 4) is 0 Å². The van der Waals surface area contributed by atoms with Gasteiger partial charge in [0.25, 0.3) is 0 Å². The Bertz CT molecular complexity index is 314. The van der Waals surface area contributed by atoms with E-state index in [2.05, 4.69) is 13.8 Å². The molecular formula is C34H71NaO. The Morgan fingerprint density at radius 2 is 0.417 bits per heavy atom. The molecular weight excluding hydrogens is 447 g/mol. The van der Waals surface area contributed by atoms with Crippen LogP contribution in [0.4, 0.5) is 0 Å². The molecule has 1 nitrogen and oxygen atoms in total. The van der Waals surface area contributed by atoms with Gasteiger partial charge in [-0.1, -0.05) is 194 Å². The van der Waals surface area contributed by atoms with Crippen LogP contribution in [0.3, 0.4) is 0 Å². The molecule has 0 aliphatic heterocycles. The summed E-state index contributed by atoms with van der Waals surface area (Å²) in [5.74, 6) is 0. The Labute approximate surface area is 252 Å². The van der Waals surface area contributed by atoms with Gasteiger partial charge in [-0.15, -0.1) is 0 Å². The Balaban J connectivity index is 0. The molecule has 0 rings (SSSR count). The number of hydrogen-bond acceptors (Lipinski definition) is 1. The molecule has 36 heavy (non-hydrogen) atoms. The van der Waals surface area contributed by atoms with Crippen LogP contribution in [0.5, 0.6) is 0 Å². The van der Waals surface area contributed by atoms with Gasteiger partial charge >= 0.3 is 29.6 Å². The second-order valence-electron chi connectivity index (χ2n) is 11.5. The van der Waals surface area contributed by atoms with Crippen molar-refractivity contribution in [2.75, 3.05) is 13.2 Å². The summed E-state index contributed by atoms with van der Waals surface area (Å²) in [5.41, 5.74) is 0. The van der Waals surface area contributed by atoms with Crippen molar-refractivity contribution in [1.29, 1.82) is 0 Å². The third-order valence-corrected chi connectivity index (χ3v) is 7.78. The summed E-state index contributed by atoms with van der Waals surface area (Å²) in [6.07, 6.45) is 43.0. The molecule has 0 unspecified atom stereocenters. The number of unbranched alkanes of at least 4 members (excludes halogenated alkanes) is 28. The van der Waals surface area contributed by atoms with Gasteiger partial charge in [-0.25, -0.2) is 0 Å². The number of rotatable bonds is 32. The van der Waals surface area contributed by atoms with Gasteiger partial charge in [0.05, 0.1) is 0 Å². The standard InChI is InChI=1S/C34H70O.Na.H/c1-3-5-7-9-11-13-15-17-19-20-22-24-26-28-30-32-34-35-33-31-29-27-25-23-21-18-16-14-12-10-8-6-4-2;;/h3-34H2,1-2H3;;. The van der Waals surface area contributed by atoms with Gasteiger partial charge in [0.15, 0.2) is 0 Å². The summed E-state index contributed by atoms with van der Waals surface area (Å²) >= 11 is 0. The molecule has 0 spiro atoms. The second kappa shape index (κ2) is 38.1. The molecule has 0 amide bonds. The van der Waals surface area contributed by atoms with Crippen LogP contribution in [0.2, 0.25) is 0 Å². The van der Waals surface area contributed by atoms with E-state index >= 15 is 0 Å². The molecule has 0 heterocycles. The fourth-order valence-electron chi connectivity index (χ4n) is 5.25. The van der Waals surface area contributed by atoms with E-state index in [1.807, 2.05) is 0 Å². The number of ether oxygens (including phenoxy) is 1. The number of hydrogen-bond donors (Lipinski definition) is 0. The molecule has 0 aliphatic rings. The van der Waals surface area contributed by atoms with Crippen LogP contribution in [0.25, 0.3) is 0 Å². The maximum absolute atomic E-state index is 5.86. The van der Waals surface area contributed by atoms with Crippen molar-refractivity contribution >= 4 is 29.6 Å². The Morgan fingerprint density at radius 1 is 0.250 bits per heavy atom. The van der Waals surface area contributed by atoms with E-state index in [-0.39, 0.29) is 29.6 Å². The van der Waals surface area contributed by atoms with Crippen LogP contribution in [0, 0.1) is 0 Å². The third kappa shape index (κ3) is 37.1. The van der Waals surface area contributed by atoms with Crippen LogP contribution in [0.15, 0.2) is 0 Å². The Hall–Kier alpha value is 0.960. The van der Waals surface area contributed by atoms with Gasteiger partial charge < -0.3 is 4.74 Å². The first-order valence-electron chi connectivity index (χ1n) is 17.0. The van der Waals surface area contributed by atoms with Crippen molar-refractivity contribution in [3.05, 3.63) is 0 Å². The van der Waals surface area contributed by atoms with E-state index in [0.29, 0.717) is 0 Å². The summed E-state index contributed by atoms with van der Waals surface area (Å²) in [5, 5.41) is 0. The quantitative estimate of drug-likeness (QED) is 0.0635. The van der Waals surface area contributed by atoms with E-state index in [1.165, 1.54) is 193 Å². The molecule has 214 valence electrons. The van der Waals surface area contributed by atoms with Crippen LogP contribution in [-0.2, 0) is 4.74 Å². The molecule has 0 saturated carbocycles. The van der Waals surface area contributed by atoms with Crippen LogP contribution >= 0.6 is 0 Å². The fraction of sp³-hybridized carbons (Fsp3) is 1.00. The van der Waals surface area contributed by atoms with E-state index in [4.69, 9.17) is 4.74 Å².